The quantitative estimate of drug-likeness (QED) is 0.591. The number of methoxy groups -OCH3 is 1. The summed E-state index contributed by atoms with van der Waals surface area (Å²) in [7, 11) is 1.35. The van der Waals surface area contributed by atoms with E-state index >= 15 is 0 Å². The first-order valence-electron chi connectivity index (χ1n) is 8.44. The number of nitrogens with one attached hydrogen (secondary N) is 3. The van der Waals surface area contributed by atoms with Gasteiger partial charge in [0.2, 0.25) is 0 Å². The van der Waals surface area contributed by atoms with E-state index in [1.165, 1.54) is 20.0 Å². The minimum absolute atomic E-state index is 0.224. The summed E-state index contributed by atoms with van der Waals surface area (Å²) >= 11 is 0. The maximum absolute atomic E-state index is 12.3. The molecule has 2 amide bonds. The molecule has 128 valence electrons. The average Bonchev–Trinajstić information content (AvgIpc) is 2.90. The largest absolute Gasteiger partial charge is 0.465 e. The molecule has 1 saturated carbocycles. The topological polar surface area (TPSA) is 83.2 Å². The zero-order chi connectivity index (χ0) is 16.9. The molecule has 1 heterocycles. The van der Waals surface area contributed by atoms with Crippen LogP contribution in [0.1, 0.15) is 48.9 Å². The highest BCUT2D eigenvalue weighted by atomic mass is 16.5. The van der Waals surface area contributed by atoms with Crippen molar-refractivity contribution in [2.24, 2.45) is 0 Å². The van der Waals surface area contributed by atoms with Gasteiger partial charge in [-0.25, -0.2) is 9.59 Å². The van der Waals surface area contributed by atoms with Crippen molar-refractivity contribution in [3.05, 3.63) is 30.0 Å². The summed E-state index contributed by atoms with van der Waals surface area (Å²) < 4.78 is 4.83. The van der Waals surface area contributed by atoms with Crippen LogP contribution in [0, 0.1) is 0 Å². The highest BCUT2D eigenvalue weighted by molar-refractivity contribution is 6.06. The Kier molecular flexibility index (Phi) is 5.03. The number of amides is 2. The first-order chi connectivity index (χ1) is 11.7. The van der Waals surface area contributed by atoms with Crippen LogP contribution in [0.3, 0.4) is 0 Å². The molecule has 6 nitrogen and oxygen atoms in total. The van der Waals surface area contributed by atoms with Gasteiger partial charge in [0.15, 0.2) is 0 Å². The molecule has 0 unspecified atom stereocenters. The van der Waals surface area contributed by atoms with Gasteiger partial charge in [0.1, 0.15) is 0 Å². The van der Waals surface area contributed by atoms with Gasteiger partial charge in [-0.1, -0.05) is 25.7 Å². The molecule has 24 heavy (non-hydrogen) atoms. The molecular weight excluding hydrogens is 306 g/mol. The van der Waals surface area contributed by atoms with Gasteiger partial charge in [-0.15, -0.1) is 0 Å². The summed E-state index contributed by atoms with van der Waals surface area (Å²) in [5, 5.41) is 6.64. The zero-order valence-corrected chi connectivity index (χ0v) is 13.9. The van der Waals surface area contributed by atoms with Crippen LogP contribution in [0.4, 0.5) is 10.5 Å². The van der Waals surface area contributed by atoms with Gasteiger partial charge in [0.25, 0.3) is 0 Å². The summed E-state index contributed by atoms with van der Waals surface area (Å²) in [5.41, 5.74) is 1.78. The molecule has 0 radical (unpaired) electrons. The maximum Gasteiger partial charge on any atom is 0.338 e. The lowest BCUT2D eigenvalue weighted by molar-refractivity contribution is 0.0603. The Morgan fingerprint density at radius 2 is 1.92 bits per heavy atom. The number of ether oxygens (including phenoxy) is 1. The van der Waals surface area contributed by atoms with Crippen molar-refractivity contribution >= 4 is 28.6 Å². The van der Waals surface area contributed by atoms with Crippen LogP contribution in [-0.2, 0) is 4.74 Å². The molecule has 6 heteroatoms. The number of aromatic amines is 1. The molecule has 1 aliphatic carbocycles. The fourth-order valence-corrected chi connectivity index (χ4v) is 3.29. The van der Waals surface area contributed by atoms with Crippen molar-refractivity contribution in [3.8, 4) is 0 Å². The Bertz CT molecular complexity index is 730. The van der Waals surface area contributed by atoms with Crippen LogP contribution in [0.2, 0.25) is 0 Å². The van der Waals surface area contributed by atoms with Crippen LogP contribution in [0.5, 0.6) is 0 Å². The molecule has 0 aliphatic heterocycles. The van der Waals surface area contributed by atoms with Crippen molar-refractivity contribution in [2.75, 3.05) is 12.4 Å². The van der Waals surface area contributed by atoms with E-state index in [0.717, 1.165) is 36.6 Å². The number of H-pyrrole nitrogens is 1. The van der Waals surface area contributed by atoms with Gasteiger partial charge in [-0.3, -0.25) is 0 Å². The van der Waals surface area contributed by atoms with Gasteiger partial charge in [-0.05, 0) is 31.0 Å². The molecule has 3 N–H and O–H groups in total. The van der Waals surface area contributed by atoms with E-state index in [4.69, 9.17) is 4.74 Å². The number of hydrogen-bond donors (Lipinski definition) is 3. The Hall–Kier alpha value is -2.50. The van der Waals surface area contributed by atoms with Crippen molar-refractivity contribution < 1.29 is 14.3 Å². The predicted molar refractivity (Wildman–Crippen MR) is 93.3 cm³/mol. The number of esters is 1. The molecule has 1 aliphatic rings. The number of hydrogen-bond acceptors (Lipinski definition) is 3. The van der Waals surface area contributed by atoms with Gasteiger partial charge < -0.3 is 20.4 Å². The van der Waals surface area contributed by atoms with Crippen molar-refractivity contribution in [3.63, 3.8) is 0 Å². The summed E-state index contributed by atoms with van der Waals surface area (Å²) in [6.45, 7) is 0. The van der Waals surface area contributed by atoms with Crippen LogP contribution in [0.25, 0.3) is 10.9 Å². The molecule has 0 bridgehead atoms. The smallest absolute Gasteiger partial charge is 0.338 e. The predicted octanol–water partition coefficient (Wildman–Crippen LogP) is 3.80. The molecule has 2 aromatic rings. The van der Waals surface area contributed by atoms with E-state index in [2.05, 4.69) is 15.6 Å². The van der Waals surface area contributed by atoms with Gasteiger partial charge in [0.05, 0.1) is 12.7 Å². The summed E-state index contributed by atoms with van der Waals surface area (Å²) in [6, 6.07) is 5.27. The highest BCUT2D eigenvalue weighted by Gasteiger charge is 2.17. The SMILES string of the molecule is COC(=O)c1cc(NC(=O)NC2CCCCCC2)cc2[nH]ccc12. The lowest BCUT2D eigenvalue weighted by atomic mass is 10.1. The molecule has 1 fully saturated rings. The van der Waals surface area contributed by atoms with Crippen LogP contribution in [-0.4, -0.2) is 30.1 Å². The van der Waals surface area contributed by atoms with Crippen LogP contribution >= 0.6 is 0 Å². The summed E-state index contributed by atoms with van der Waals surface area (Å²) in [5.74, 6) is -0.424. The monoisotopic (exact) mass is 329 g/mol. The fourth-order valence-electron chi connectivity index (χ4n) is 3.29. The van der Waals surface area contributed by atoms with Gasteiger partial charge >= 0.3 is 12.0 Å². The Morgan fingerprint density at radius 3 is 2.62 bits per heavy atom. The minimum atomic E-state index is -0.424. The number of urea groups is 1. The second-order valence-electron chi connectivity index (χ2n) is 6.24. The lowest BCUT2D eigenvalue weighted by Gasteiger charge is -2.17. The van der Waals surface area contributed by atoms with Crippen molar-refractivity contribution in [1.82, 2.24) is 10.3 Å². The van der Waals surface area contributed by atoms with Gasteiger partial charge in [0, 0.05) is 28.8 Å². The van der Waals surface area contributed by atoms with E-state index in [1.54, 1.807) is 12.3 Å². The minimum Gasteiger partial charge on any atom is -0.465 e. The lowest BCUT2D eigenvalue weighted by Crippen LogP contribution is -2.37. The van der Waals surface area contributed by atoms with Crippen LogP contribution < -0.4 is 10.6 Å². The molecule has 0 spiro atoms. The summed E-state index contributed by atoms with van der Waals surface area (Å²) in [4.78, 5) is 27.3. The van der Waals surface area contributed by atoms with Gasteiger partial charge in [-0.2, -0.15) is 0 Å². The first kappa shape index (κ1) is 16.4. The number of anilines is 1. The first-order valence-corrected chi connectivity index (χ1v) is 8.44. The van der Waals surface area contributed by atoms with E-state index < -0.39 is 5.97 Å². The second-order valence-corrected chi connectivity index (χ2v) is 6.24. The standard InChI is InChI=1S/C18H23N3O3/c1-24-17(22)15-10-13(11-16-14(15)8-9-19-16)21-18(23)20-12-6-4-2-3-5-7-12/h8-12,19H,2-7H2,1H3,(H2,20,21,23). The van der Waals surface area contributed by atoms with Crippen molar-refractivity contribution in [2.45, 2.75) is 44.6 Å². The van der Waals surface area contributed by atoms with E-state index in [9.17, 15) is 9.59 Å². The number of aromatic nitrogens is 1. The third-order valence-electron chi connectivity index (χ3n) is 4.52. The third-order valence-corrected chi connectivity index (χ3v) is 4.52. The zero-order valence-electron chi connectivity index (χ0n) is 13.9. The molecule has 0 saturated heterocycles. The molecule has 3 rings (SSSR count). The molecule has 1 aromatic heterocycles. The molecular formula is C18H23N3O3. The fraction of sp³-hybridized carbons (Fsp3) is 0.444. The Labute approximate surface area is 141 Å². The highest BCUT2D eigenvalue weighted by Crippen LogP contribution is 2.24. The van der Waals surface area contributed by atoms with E-state index in [1.807, 2.05) is 12.1 Å². The number of rotatable bonds is 3. The van der Waals surface area contributed by atoms with Crippen LogP contribution in [0.15, 0.2) is 24.4 Å². The maximum atomic E-state index is 12.3. The Morgan fingerprint density at radius 1 is 1.17 bits per heavy atom. The number of benzene rings is 1. The normalized spacial score (nSPS) is 15.7. The number of fused-ring (bicyclic) bond motifs is 1. The third kappa shape index (κ3) is 3.69. The summed E-state index contributed by atoms with van der Waals surface area (Å²) in [6.07, 6.45) is 8.61. The average molecular weight is 329 g/mol. The second kappa shape index (κ2) is 7.38. The number of carbonyl (C=O) groups is 2. The molecule has 0 atom stereocenters. The number of carbonyl (C=O) groups excluding carboxylic acids is 2. The Balaban J connectivity index is 1.74. The van der Waals surface area contributed by atoms with E-state index in [0.29, 0.717) is 11.3 Å². The van der Waals surface area contributed by atoms with Crippen molar-refractivity contribution in [1.29, 1.82) is 0 Å². The molecule has 1 aromatic carbocycles. The van der Waals surface area contributed by atoms with E-state index in [-0.39, 0.29) is 12.1 Å².